The average molecular weight is 255 g/mol. The lowest BCUT2D eigenvalue weighted by molar-refractivity contribution is 0.297. The largest absolute Gasteiger partial charge is 0.490 e. The van der Waals surface area contributed by atoms with Gasteiger partial charge in [0.1, 0.15) is 11.9 Å². The van der Waals surface area contributed by atoms with Crippen LogP contribution in [0.15, 0.2) is 24.3 Å². The minimum absolute atomic E-state index is 0.379. The molecular weight excluding hydrogens is 242 g/mol. The molecule has 3 rings (SSSR count). The highest BCUT2D eigenvalue weighted by molar-refractivity contribution is 5.70. The highest BCUT2D eigenvalue weighted by atomic mass is 16.5. The smallest absolute Gasteiger partial charge is 0.161 e. The maximum absolute atomic E-state index is 8.91. The summed E-state index contributed by atoms with van der Waals surface area (Å²) < 4.78 is 11.2. The lowest BCUT2D eigenvalue weighted by Crippen LogP contribution is -1.97. The lowest BCUT2D eigenvalue weighted by Gasteiger charge is -2.08. The molecule has 19 heavy (non-hydrogen) atoms. The topological polar surface area (TPSA) is 84.1 Å². The second kappa shape index (κ2) is 4.58. The summed E-state index contributed by atoms with van der Waals surface area (Å²) in [6.45, 7) is 1.31. The third-order valence-electron chi connectivity index (χ3n) is 3.03. The highest BCUT2D eigenvalue weighted by Gasteiger charge is 2.13. The normalized spacial score (nSPS) is 13.6. The molecule has 0 spiro atoms. The van der Waals surface area contributed by atoms with Crippen molar-refractivity contribution < 1.29 is 9.47 Å². The summed E-state index contributed by atoms with van der Waals surface area (Å²) >= 11 is 0. The average Bonchev–Trinajstić information content (AvgIpc) is 2.66. The SMILES string of the molecule is N#Cc1cc(-c2ccc3c(c2)OCCCO3)[nH]c1N. The number of H-pyrrole nitrogens is 1. The first-order valence-electron chi connectivity index (χ1n) is 6.06. The van der Waals surface area contributed by atoms with E-state index in [4.69, 9.17) is 20.5 Å². The molecule has 1 aliphatic heterocycles. The maximum Gasteiger partial charge on any atom is 0.161 e. The Hall–Kier alpha value is -2.61. The number of rotatable bonds is 1. The lowest BCUT2D eigenvalue weighted by atomic mass is 10.1. The van der Waals surface area contributed by atoms with Crippen molar-refractivity contribution in [3.63, 3.8) is 0 Å². The van der Waals surface area contributed by atoms with Crippen molar-refractivity contribution in [2.75, 3.05) is 18.9 Å². The van der Waals surface area contributed by atoms with Crippen molar-refractivity contribution >= 4 is 5.82 Å². The van der Waals surface area contributed by atoms with Gasteiger partial charge in [-0.25, -0.2) is 0 Å². The van der Waals surface area contributed by atoms with Gasteiger partial charge in [-0.1, -0.05) is 0 Å². The monoisotopic (exact) mass is 255 g/mol. The number of hydrogen-bond acceptors (Lipinski definition) is 4. The Morgan fingerprint density at radius 1 is 1.16 bits per heavy atom. The molecule has 5 nitrogen and oxygen atoms in total. The van der Waals surface area contributed by atoms with Crippen LogP contribution in [0.25, 0.3) is 11.3 Å². The van der Waals surface area contributed by atoms with E-state index in [1.54, 1.807) is 6.07 Å². The molecule has 3 N–H and O–H groups in total. The Kier molecular flexibility index (Phi) is 2.76. The van der Waals surface area contributed by atoms with E-state index in [0.29, 0.717) is 24.6 Å². The first-order valence-corrected chi connectivity index (χ1v) is 6.06. The molecule has 1 aromatic carbocycles. The molecule has 0 unspecified atom stereocenters. The van der Waals surface area contributed by atoms with Crippen molar-refractivity contribution in [2.45, 2.75) is 6.42 Å². The number of nitrogens with zero attached hydrogens (tertiary/aromatic N) is 1. The van der Waals surface area contributed by atoms with Crippen molar-refractivity contribution in [3.05, 3.63) is 29.8 Å². The summed E-state index contributed by atoms with van der Waals surface area (Å²) in [5.41, 5.74) is 7.87. The van der Waals surface area contributed by atoms with Crippen LogP contribution in [-0.4, -0.2) is 18.2 Å². The van der Waals surface area contributed by atoms with E-state index >= 15 is 0 Å². The fourth-order valence-electron chi connectivity index (χ4n) is 2.05. The molecule has 0 atom stereocenters. The van der Waals surface area contributed by atoms with Gasteiger partial charge in [0.15, 0.2) is 11.5 Å². The Bertz CT molecular complexity index is 655. The van der Waals surface area contributed by atoms with E-state index in [1.165, 1.54) is 0 Å². The number of ether oxygens (including phenoxy) is 2. The van der Waals surface area contributed by atoms with Gasteiger partial charge in [-0.3, -0.25) is 0 Å². The number of nitrogens with two attached hydrogens (primary N) is 1. The van der Waals surface area contributed by atoms with Crippen LogP contribution < -0.4 is 15.2 Å². The van der Waals surface area contributed by atoms with Gasteiger partial charge in [0.05, 0.1) is 18.8 Å². The summed E-state index contributed by atoms with van der Waals surface area (Å²) in [5, 5.41) is 8.91. The Morgan fingerprint density at radius 3 is 2.68 bits per heavy atom. The number of aromatic amines is 1. The molecular formula is C14H13N3O2. The number of benzene rings is 1. The van der Waals surface area contributed by atoms with Crippen molar-refractivity contribution in [1.82, 2.24) is 4.98 Å². The zero-order chi connectivity index (χ0) is 13.2. The number of nitrogens with one attached hydrogen (secondary N) is 1. The third-order valence-corrected chi connectivity index (χ3v) is 3.03. The summed E-state index contributed by atoms with van der Waals surface area (Å²) in [5.74, 6) is 1.85. The molecule has 0 radical (unpaired) electrons. The standard InChI is InChI=1S/C14H13N3O2/c15-8-10-6-11(17-14(10)16)9-2-3-12-13(7-9)19-5-1-4-18-12/h2-3,6-7,17H,1,4-5,16H2. The minimum Gasteiger partial charge on any atom is -0.490 e. The predicted molar refractivity (Wildman–Crippen MR) is 71.0 cm³/mol. The molecule has 0 bridgehead atoms. The van der Waals surface area contributed by atoms with Crippen molar-refractivity contribution in [3.8, 4) is 28.8 Å². The quantitative estimate of drug-likeness (QED) is 0.818. The van der Waals surface area contributed by atoms with Crippen LogP contribution in [0.2, 0.25) is 0 Å². The molecule has 2 aromatic rings. The molecule has 0 amide bonds. The molecule has 2 heterocycles. The molecule has 0 saturated heterocycles. The number of hydrogen-bond donors (Lipinski definition) is 2. The molecule has 0 fully saturated rings. The summed E-state index contributed by atoms with van der Waals surface area (Å²) in [4.78, 5) is 2.99. The Balaban J connectivity index is 2.01. The van der Waals surface area contributed by atoms with Crippen molar-refractivity contribution in [2.24, 2.45) is 0 Å². The van der Waals surface area contributed by atoms with Gasteiger partial charge in [-0.2, -0.15) is 5.26 Å². The second-order valence-electron chi connectivity index (χ2n) is 4.33. The van der Waals surface area contributed by atoms with Gasteiger partial charge < -0.3 is 20.2 Å². The van der Waals surface area contributed by atoms with E-state index in [9.17, 15) is 0 Å². The number of anilines is 1. The predicted octanol–water partition coefficient (Wildman–Crippen LogP) is 2.30. The van der Waals surface area contributed by atoms with Crippen LogP contribution >= 0.6 is 0 Å². The van der Waals surface area contributed by atoms with Gasteiger partial charge in [-0.05, 0) is 24.3 Å². The molecule has 0 aliphatic carbocycles. The van der Waals surface area contributed by atoms with Gasteiger partial charge in [-0.15, -0.1) is 0 Å². The Morgan fingerprint density at radius 2 is 1.95 bits per heavy atom. The zero-order valence-corrected chi connectivity index (χ0v) is 10.3. The maximum atomic E-state index is 8.91. The van der Waals surface area contributed by atoms with Gasteiger partial charge in [0, 0.05) is 17.7 Å². The van der Waals surface area contributed by atoms with E-state index < -0.39 is 0 Å². The molecule has 1 aliphatic rings. The first-order chi connectivity index (χ1) is 9.28. The van der Waals surface area contributed by atoms with E-state index in [1.807, 2.05) is 24.3 Å². The number of fused-ring (bicyclic) bond motifs is 1. The molecule has 5 heteroatoms. The van der Waals surface area contributed by atoms with E-state index in [0.717, 1.165) is 29.2 Å². The van der Waals surface area contributed by atoms with Crippen LogP contribution in [0.5, 0.6) is 11.5 Å². The van der Waals surface area contributed by atoms with Crippen LogP contribution in [0.4, 0.5) is 5.82 Å². The van der Waals surface area contributed by atoms with Crippen LogP contribution in [0.3, 0.4) is 0 Å². The van der Waals surface area contributed by atoms with Crippen LogP contribution in [-0.2, 0) is 0 Å². The summed E-state index contributed by atoms with van der Waals surface area (Å²) in [7, 11) is 0. The highest BCUT2D eigenvalue weighted by Crippen LogP contribution is 2.34. The number of nitriles is 1. The van der Waals surface area contributed by atoms with Gasteiger partial charge in [0.25, 0.3) is 0 Å². The Labute approximate surface area is 110 Å². The fraction of sp³-hybridized carbons (Fsp3) is 0.214. The zero-order valence-electron chi connectivity index (χ0n) is 10.3. The molecule has 96 valence electrons. The minimum atomic E-state index is 0.379. The molecule has 1 aromatic heterocycles. The van der Waals surface area contributed by atoms with E-state index in [-0.39, 0.29) is 0 Å². The summed E-state index contributed by atoms with van der Waals surface area (Å²) in [6, 6.07) is 9.46. The third kappa shape index (κ3) is 2.08. The summed E-state index contributed by atoms with van der Waals surface area (Å²) in [6.07, 6.45) is 0.873. The first kappa shape index (κ1) is 11.5. The van der Waals surface area contributed by atoms with Crippen molar-refractivity contribution in [1.29, 1.82) is 5.26 Å². The van der Waals surface area contributed by atoms with Gasteiger partial charge in [0.2, 0.25) is 0 Å². The van der Waals surface area contributed by atoms with Crippen LogP contribution in [0.1, 0.15) is 12.0 Å². The fourth-order valence-corrected chi connectivity index (χ4v) is 2.05. The number of aromatic nitrogens is 1. The number of nitrogen functional groups attached to an aromatic ring is 1. The van der Waals surface area contributed by atoms with Gasteiger partial charge >= 0.3 is 0 Å². The molecule has 0 saturated carbocycles. The van der Waals surface area contributed by atoms with E-state index in [2.05, 4.69) is 4.98 Å². The van der Waals surface area contributed by atoms with Crippen LogP contribution in [0, 0.1) is 11.3 Å². The second-order valence-corrected chi connectivity index (χ2v) is 4.33.